The molecular weight excluding hydrogens is 443 g/mol. The quantitative estimate of drug-likeness (QED) is 0.349. The van der Waals surface area contributed by atoms with Gasteiger partial charge < -0.3 is 0 Å². The Hall–Kier alpha value is -3.56. The van der Waals surface area contributed by atoms with Crippen LogP contribution in [0.3, 0.4) is 0 Å². The molecule has 0 bridgehead atoms. The van der Waals surface area contributed by atoms with Crippen molar-refractivity contribution in [1.82, 2.24) is 19.6 Å². The van der Waals surface area contributed by atoms with Gasteiger partial charge in [-0.3, -0.25) is 15.5 Å². The fourth-order valence-electron chi connectivity index (χ4n) is 4.87. The van der Waals surface area contributed by atoms with Crippen molar-refractivity contribution in [3.05, 3.63) is 59.1 Å². The van der Waals surface area contributed by atoms with E-state index in [0.29, 0.717) is 27.7 Å². The Morgan fingerprint density at radius 1 is 1.21 bits per heavy atom. The maximum Gasteiger partial charge on any atom is 0.334 e. The van der Waals surface area contributed by atoms with Crippen LogP contribution in [0.2, 0.25) is 0 Å². The van der Waals surface area contributed by atoms with Gasteiger partial charge in [0.1, 0.15) is 18.4 Å². The number of nitrogens with one attached hydrogen (secondary N) is 2. The molecule has 0 amide bonds. The monoisotopic (exact) mass is 468 g/mol. The van der Waals surface area contributed by atoms with Crippen molar-refractivity contribution in [2.45, 2.75) is 31.7 Å². The standard InChI is InChI=1S/C24H25F3N7/c1-13-8-15(11-32(2)22(13)14-4-5-14)19-6-7-21(28)34(31-19)23(29)24(26,27)17-9-16-12-33(3)30-20(16)10-18(17)25/h6-14,22,28-29H,4-5H2,1-3H3/q+1. The van der Waals surface area contributed by atoms with E-state index in [9.17, 15) is 4.39 Å². The molecular formula is C24H25F3N7+. The van der Waals surface area contributed by atoms with Gasteiger partial charge >= 0.3 is 5.92 Å². The Morgan fingerprint density at radius 3 is 2.62 bits per heavy atom. The first-order valence-corrected chi connectivity index (χ1v) is 11.1. The molecule has 1 saturated carbocycles. The van der Waals surface area contributed by atoms with Crippen molar-refractivity contribution < 1.29 is 17.7 Å². The average molecular weight is 469 g/mol. The van der Waals surface area contributed by atoms with Gasteiger partial charge in [0.25, 0.3) is 0 Å². The number of halogens is 3. The highest BCUT2D eigenvalue weighted by atomic mass is 19.3. The number of rotatable bonds is 4. The Kier molecular flexibility index (Phi) is 5.07. The zero-order valence-electron chi connectivity index (χ0n) is 19.1. The van der Waals surface area contributed by atoms with E-state index in [4.69, 9.17) is 10.8 Å². The van der Waals surface area contributed by atoms with Crippen LogP contribution < -0.4 is 5.49 Å². The Bertz CT molecular complexity index is 1440. The molecule has 1 aliphatic heterocycles. The second-order valence-electron chi connectivity index (χ2n) is 9.24. The molecule has 5 rings (SSSR count). The van der Waals surface area contributed by atoms with Gasteiger partial charge in [0, 0.05) is 36.5 Å². The average Bonchev–Trinajstić information content (AvgIpc) is 3.53. The molecule has 1 fully saturated rings. The molecule has 0 radical (unpaired) electrons. The van der Waals surface area contributed by atoms with Crippen LogP contribution in [-0.2, 0) is 13.0 Å². The van der Waals surface area contributed by atoms with Gasteiger partial charge in [0.05, 0.1) is 22.3 Å². The van der Waals surface area contributed by atoms with Crippen molar-refractivity contribution in [2.75, 3.05) is 7.05 Å². The Labute approximate surface area is 193 Å². The molecule has 2 unspecified atom stereocenters. The molecule has 1 aromatic carbocycles. The fraction of sp³-hybridized carbons (Fsp3) is 0.375. The summed E-state index contributed by atoms with van der Waals surface area (Å²) in [5.41, 5.74) is -0.0129. The van der Waals surface area contributed by atoms with Crippen molar-refractivity contribution in [3.8, 4) is 0 Å². The third-order valence-corrected chi connectivity index (χ3v) is 6.59. The van der Waals surface area contributed by atoms with Gasteiger partial charge in [-0.2, -0.15) is 23.7 Å². The van der Waals surface area contributed by atoms with Crippen molar-refractivity contribution in [2.24, 2.45) is 18.9 Å². The summed E-state index contributed by atoms with van der Waals surface area (Å²) in [6.45, 7) is 2.12. The number of aryl methyl sites for hydroxylation is 1. The molecule has 10 heteroatoms. The van der Waals surface area contributed by atoms with Crippen LogP contribution in [0.5, 0.6) is 0 Å². The highest BCUT2D eigenvalue weighted by Crippen LogP contribution is 2.39. The van der Waals surface area contributed by atoms with E-state index in [-0.39, 0.29) is 11.4 Å². The fourth-order valence-corrected chi connectivity index (χ4v) is 4.87. The minimum absolute atomic E-state index is 0.238. The summed E-state index contributed by atoms with van der Waals surface area (Å²) in [5, 5.41) is 24.9. The van der Waals surface area contributed by atoms with E-state index < -0.39 is 28.6 Å². The predicted molar refractivity (Wildman–Crippen MR) is 122 cm³/mol. The smallest absolute Gasteiger partial charge is 0.283 e. The molecule has 2 N–H and O–H groups in total. The van der Waals surface area contributed by atoms with Crippen molar-refractivity contribution in [1.29, 1.82) is 10.8 Å². The number of hydrogen-bond donors (Lipinski definition) is 2. The first-order valence-electron chi connectivity index (χ1n) is 11.1. The largest absolute Gasteiger partial charge is 0.334 e. The number of benzene rings is 1. The minimum Gasteiger partial charge on any atom is -0.283 e. The molecule has 2 atom stereocenters. The second-order valence-corrected chi connectivity index (χ2v) is 9.24. The van der Waals surface area contributed by atoms with Gasteiger partial charge in [-0.05, 0) is 31.0 Å². The molecule has 3 aromatic rings. The summed E-state index contributed by atoms with van der Waals surface area (Å²) < 4.78 is 49.5. The topological polar surface area (TPSA) is 86.4 Å². The molecule has 3 heterocycles. The highest BCUT2D eigenvalue weighted by Gasteiger charge is 2.44. The third kappa shape index (κ3) is 3.66. The molecule has 0 saturated heterocycles. The lowest BCUT2D eigenvalue weighted by Gasteiger charge is -2.23. The second kappa shape index (κ2) is 7.75. The van der Waals surface area contributed by atoms with Crippen molar-refractivity contribution >= 4 is 28.5 Å². The summed E-state index contributed by atoms with van der Waals surface area (Å²) in [5.74, 6) is -5.60. The van der Waals surface area contributed by atoms with Gasteiger partial charge in [-0.25, -0.2) is 8.97 Å². The van der Waals surface area contributed by atoms with E-state index in [2.05, 4.69) is 27.8 Å². The lowest BCUT2D eigenvalue weighted by molar-refractivity contribution is -0.545. The van der Waals surface area contributed by atoms with Crippen LogP contribution in [0, 0.1) is 28.5 Å². The van der Waals surface area contributed by atoms with Gasteiger partial charge in [-0.15, -0.1) is 0 Å². The maximum absolute atomic E-state index is 15.4. The van der Waals surface area contributed by atoms with Gasteiger partial charge in [0.15, 0.2) is 18.1 Å². The lowest BCUT2D eigenvalue weighted by atomic mass is 9.91. The summed E-state index contributed by atoms with van der Waals surface area (Å²) >= 11 is 0. The first kappa shape index (κ1) is 22.2. The van der Waals surface area contributed by atoms with Crippen molar-refractivity contribution in [3.63, 3.8) is 0 Å². The van der Waals surface area contributed by atoms with Crippen LogP contribution in [0.1, 0.15) is 31.0 Å². The lowest BCUT2D eigenvalue weighted by Crippen LogP contribution is -2.40. The molecule has 0 spiro atoms. The summed E-state index contributed by atoms with van der Waals surface area (Å²) in [6, 6.07) is 5.20. The number of aromatic nitrogens is 4. The number of alkyl halides is 2. The molecule has 1 aliphatic carbocycles. The number of allylic oxidation sites excluding steroid dienone is 1. The maximum atomic E-state index is 15.4. The van der Waals surface area contributed by atoms with E-state index in [1.807, 2.05) is 13.3 Å². The molecule has 7 nitrogen and oxygen atoms in total. The van der Waals surface area contributed by atoms with Crippen LogP contribution in [0.15, 0.2) is 36.5 Å². The van der Waals surface area contributed by atoms with Gasteiger partial charge in [-0.1, -0.05) is 13.0 Å². The number of hydrogen-bond acceptors (Lipinski definition) is 4. The minimum atomic E-state index is -4.02. The summed E-state index contributed by atoms with van der Waals surface area (Å²) in [6.07, 6.45) is 7.89. The molecule has 2 aliphatic rings. The summed E-state index contributed by atoms with van der Waals surface area (Å²) in [7, 11) is 3.60. The van der Waals surface area contributed by atoms with Crippen LogP contribution >= 0.6 is 0 Å². The Morgan fingerprint density at radius 2 is 1.94 bits per heavy atom. The van der Waals surface area contributed by atoms with E-state index in [1.165, 1.54) is 29.8 Å². The number of fused-ring (bicyclic) bond motifs is 1. The molecule has 34 heavy (non-hydrogen) atoms. The van der Waals surface area contributed by atoms with Crippen LogP contribution in [0.25, 0.3) is 16.5 Å². The third-order valence-electron chi connectivity index (χ3n) is 6.59. The highest BCUT2D eigenvalue weighted by molar-refractivity contribution is 6.07. The first-order chi connectivity index (χ1) is 16.1. The van der Waals surface area contributed by atoms with E-state index in [1.54, 1.807) is 13.1 Å². The zero-order chi connectivity index (χ0) is 24.4. The number of nitrogens with zero attached hydrogens (tertiary/aromatic N) is 5. The van der Waals surface area contributed by atoms with Crippen LogP contribution in [-0.4, -0.2) is 49.3 Å². The Balaban J connectivity index is 1.52. The zero-order valence-corrected chi connectivity index (χ0v) is 19.1. The normalized spacial score (nSPS) is 20.9. The molecule has 176 valence electrons. The summed E-state index contributed by atoms with van der Waals surface area (Å²) in [4.78, 5) is 0. The predicted octanol–water partition coefficient (Wildman–Crippen LogP) is 3.53. The SMILES string of the molecule is CC1C=C(c2ccc(=N)n(C(=N)C(F)(F)c3cc4cn(C)nc4cc3F)n2)C=[N+](C)C1C1CC1. The van der Waals surface area contributed by atoms with E-state index >= 15 is 8.78 Å². The van der Waals surface area contributed by atoms with Crippen LogP contribution in [0.4, 0.5) is 13.2 Å². The van der Waals surface area contributed by atoms with Gasteiger partial charge in [0.2, 0.25) is 0 Å². The van der Waals surface area contributed by atoms with E-state index in [0.717, 1.165) is 17.7 Å². The molecule has 2 aromatic heterocycles.